The number of phenols is 1. The van der Waals surface area contributed by atoms with Crippen molar-refractivity contribution in [1.29, 1.82) is 0 Å². The van der Waals surface area contributed by atoms with Gasteiger partial charge in [0.25, 0.3) is 0 Å². The van der Waals surface area contributed by atoms with Crippen molar-refractivity contribution in [2.24, 2.45) is 11.5 Å². The summed E-state index contributed by atoms with van der Waals surface area (Å²) in [7, 11) is 0. The number of rotatable bonds is 3. The van der Waals surface area contributed by atoms with Gasteiger partial charge in [0, 0.05) is 12.1 Å². The van der Waals surface area contributed by atoms with Crippen LogP contribution in [0.15, 0.2) is 18.2 Å². The fourth-order valence-corrected chi connectivity index (χ4v) is 1.11. The first-order chi connectivity index (χ1) is 6.56. The number of phenolic OH excluding ortho intramolecular Hbond substituents is 1. The van der Waals surface area contributed by atoms with E-state index in [9.17, 15) is 9.90 Å². The van der Waals surface area contributed by atoms with Gasteiger partial charge >= 0.3 is 5.97 Å². The number of hydrogen-bond donors (Lipinski definition) is 4. The summed E-state index contributed by atoms with van der Waals surface area (Å²) in [4.78, 5) is 10.6. The van der Waals surface area contributed by atoms with Crippen LogP contribution in [0.4, 0.5) is 0 Å². The molecule has 0 heterocycles. The molecular formula is C9H12N2O3. The van der Waals surface area contributed by atoms with Crippen LogP contribution in [-0.2, 0) is 11.3 Å². The Kier molecular flexibility index (Phi) is 3.06. The fourth-order valence-electron chi connectivity index (χ4n) is 1.11. The summed E-state index contributed by atoms with van der Waals surface area (Å²) in [5, 5.41) is 18.0. The minimum atomic E-state index is -1.22. The molecule has 0 saturated heterocycles. The predicted octanol–water partition coefficient (Wildman–Crippen LogP) is -0.0647. The Hall–Kier alpha value is -1.59. The highest BCUT2D eigenvalue weighted by Crippen LogP contribution is 2.23. The molecule has 0 aliphatic heterocycles. The summed E-state index contributed by atoms with van der Waals surface area (Å²) < 4.78 is 0. The number of carboxylic acids is 1. The highest BCUT2D eigenvalue weighted by atomic mass is 16.4. The first kappa shape index (κ1) is 10.5. The number of nitrogens with two attached hydrogens (primary N) is 2. The predicted molar refractivity (Wildman–Crippen MR) is 50.6 cm³/mol. The Labute approximate surface area is 81.0 Å². The Morgan fingerprint density at radius 2 is 2.14 bits per heavy atom. The van der Waals surface area contributed by atoms with Gasteiger partial charge in [0.05, 0.1) is 0 Å². The van der Waals surface area contributed by atoms with Gasteiger partial charge in [0.15, 0.2) is 0 Å². The van der Waals surface area contributed by atoms with Gasteiger partial charge < -0.3 is 21.7 Å². The first-order valence-electron chi connectivity index (χ1n) is 4.06. The van der Waals surface area contributed by atoms with Gasteiger partial charge in [-0.25, -0.2) is 0 Å². The number of aliphatic carboxylic acids is 1. The number of aromatic hydroxyl groups is 1. The molecule has 0 amide bonds. The fraction of sp³-hybridized carbons (Fsp3) is 0.222. The Morgan fingerprint density at radius 3 is 2.64 bits per heavy atom. The van der Waals surface area contributed by atoms with Gasteiger partial charge in [0.2, 0.25) is 0 Å². The van der Waals surface area contributed by atoms with Crippen molar-refractivity contribution in [3.05, 3.63) is 29.3 Å². The molecule has 5 nitrogen and oxygen atoms in total. The number of carbonyl (C=O) groups is 1. The van der Waals surface area contributed by atoms with E-state index < -0.39 is 12.0 Å². The summed E-state index contributed by atoms with van der Waals surface area (Å²) in [6.07, 6.45) is 0. The molecule has 0 aliphatic rings. The molecule has 0 radical (unpaired) electrons. The highest BCUT2D eigenvalue weighted by Gasteiger charge is 2.18. The van der Waals surface area contributed by atoms with Crippen LogP contribution >= 0.6 is 0 Å². The SMILES string of the molecule is NCc1ccc(O)c(C(N)C(=O)O)c1. The van der Waals surface area contributed by atoms with E-state index in [0.717, 1.165) is 5.56 Å². The normalized spacial score (nSPS) is 12.4. The van der Waals surface area contributed by atoms with E-state index in [1.54, 1.807) is 6.07 Å². The first-order valence-corrected chi connectivity index (χ1v) is 4.06. The average molecular weight is 196 g/mol. The molecule has 0 bridgehead atoms. The topological polar surface area (TPSA) is 110 Å². The third-order valence-electron chi connectivity index (χ3n) is 1.93. The zero-order chi connectivity index (χ0) is 10.7. The van der Waals surface area contributed by atoms with Crippen LogP contribution in [0, 0.1) is 0 Å². The summed E-state index contributed by atoms with van der Waals surface area (Å²) in [6.45, 7) is 0.277. The lowest BCUT2D eigenvalue weighted by Gasteiger charge is -2.10. The van der Waals surface area contributed by atoms with E-state index in [-0.39, 0.29) is 17.9 Å². The lowest BCUT2D eigenvalue weighted by Crippen LogP contribution is -2.21. The van der Waals surface area contributed by atoms with Gasteiger partial charge in [-0.15, -0.1) is 0 Å². The standard InChI is InChI=1S/C9H12N2O3/c10-4-5-1-2-7(12)6(3-5)8(11)9(13)14/h1-3,8,12H,4,10-11H2,(H,13,14). The van der Waals surface area contributed by atoms with Crippen molar-refractivity contribution >= 4 is 5.97 Å². The second-order valence-electron chi connectivity index (χ2n) is 2.91. The average Bonchev–Trinajstić information content (AvgIpc) is 2.17. The second kappa shape index (κ2) is 4.08. The molecule has 1 rings (SSSR count). The Balaban J connectivity index is 3.11. The molecule has 6 N–H and O–H groups in total. The lowest BCUT2D eigenvalue weighted by molar-refractivity contribution is -0.138. The zero-order valence-electron chi connectivity index (χ0n) is 7.47. The van der Waals surface area contributed by atoms with Crippen molar-refractivity contribution in [3.63, 3.8) is 0 Å². The summed E-state index contributed by atoms with van der Waals surface area (Å²) >= 11 is 0. The van der Waals surface area contributed by atoms with Gasteiger partial charge in [-0.3, -0.25) is 4.79 Å². The Morgan fingerprint density at radius 1 is 1.50 bits per heavy atom. The largest absolute Gasteiger partial charge is 0.508 e. The van der Waals surface area contributed by atoms with Crippen LogP contribution in [0.2, 0.25) is 0 Å². The smallest absolute Gasteiger partial charge is 0.325 e. The van der Waals surface area contributed by atoms with E-state index in [1.807, 2.05) is 0 Å². The summed E-state index contributed by atoms with van der Waals surface area (Å²) in [5.41, 5.74) is 11.6. The van der Waals surface area contributed by atoms with Crippen LogP contribution in [-0.4, -0.2) is 16.2 Å². The van der Waals surface area contributed by atoms with Crippen molar-refractivity contribution < 1.29 is 15.0 Å². The molecular weight excluding hydrogens is 184 g/mol. The molecule has 1 atom stereocenters. The van der Waals surface area contributed by atoms with Crippen molar-refractivity contribution in [2.75, 3.05) is 0 Å². The molecule has 76 valence electrons. The molecule has 0 aliphatic carbocycles. The van der Waals surface area contributed by atoms with Crippen molar-refractivity contribution in [3.8, 4) is 5.75 Å². The molecule has 5 heteroatoms. The molecule has 0 fully saturated rings. The number of benzene rings is 1. The minimum absolute atomic E-state index is 0.128. The Bertz CT molecular complexity index is 352. The quantitative estimate of drug-likeness (QED) is 0.541. The van der Waals surface area contributed by atoms with Gasteiger partial charge in [-0.05, 0) is 17.7 Å². The van der Waals surface area contributed by atoms with Crippen LogP contribution in [0.25, 0.3) is 0 Å². The van der Waals surface area contributed by atoms with Gasteiger partial charge in [-0.2, -0.15) is 0 Å². The van der Waals surface area contributed by atoms with E-state index >= 15 is 0 Å². The molecule has 1 aromatic carbocycles. The van der Waals surface area contributed by atoms with E-state index in [2.05, 4.69) is 0 Å². The van der Waals surface area contributed by atoms with Crippen LogP contribution in [0.1, 0.15) is 17.2 Å². The van der Waals surface area contributed by atoms with Gasteiger partial charge in [-0.1, -0.05) is 6.07 Å². The molecule has 0 aromatic heterocycles. The number of carboxylic acid groups (broad SMARTS) is 1. The third-order valence-corrected chi connectivity index (χ3v) is 1.93. The molecule has 1 aromatic rings. The van der Waals surface area contributed by atoms with E-state index in [0.29, 0.717) is 0 Å². The summed E-state index contributed by atoms with van der Waals surface area (Å²) in [5.74, 6) is -1.31. The zero-order valence-corrected chi connectivity index (χ0v) is 7.47. The number of hydrogen-bond acceptors (Lipinski definition) is 4. The van der Waals surface area contributed by atoms with Crippen molar-refractivity contribution in [1.82, 2.24) is 0 Å². The van der Waals surface area contributed by atoms with E-state index in [4.69, 9.17) is 16.6 Å². The highest BCUT2D eigenvalue weighted by molar-refractivity contribution is 5.76. The molecule has 14 heavy (non-hydrogen) atoms. The van der Waals surface area contributed by atoms with E-state index in [1.165, 1.54) is 12.1 Å². The second-order valence-corrected chi connectivity index (χ2v) is 2.91. The van der Waals surface area contributed by atoms with Crippen LogP contribution < -0.4 is 11.5 Å². The molecule has 1 unspecified atom stereocenters. The lowest BCUT2D eigenvalue weighted by atomic mass is 10.0. The van der Waals surface area contributed by atoms with Crippen LogP contribution in [0.3, 0.4) is 0 Å². The van der Waals surface area contributed by atoms with Crippen molar-refractivity contribution in [2.45, 2.75) is 12.6 Å². The molecule has 0 spiro atoms. The maximum Gasteiger partial charge on any atom is 0.325 e. The van der Waals surface area contributed by atoms with Crippen LogP contribution in [0.5, 0.6) is 5.75 Å². The monoisotopic (exact) mass is 196 g/mol. The maximum atomic E-state index is 10.6. The maximum absolute atomic E-state index is 10.6. The van der Waals surface area contributed by atoms with Gasteiger partial charge in [0.1, 0.15) is 11.8 Å². The summed E-state index contributed by atoms with van der Waals surface area (Å²) in [6, 6.07) is 3.28. The third kappa shape index (κ3) is 2.01. The minimum Gasteiger partial charge on any atom is -0.508 e. The molecule has 0 saturated carbocycles.